The minimum atomic E-state index is -2.19. The zero-order valence-electron chi connectivity index (χ0n) is 6.89. The lowest BCUT2D eigenvalue weighted by Gasteiger charge is -2.04. The van der Waals surface area contributed by atoms with E-state index in [9.17, 15) is 29.8 Å². The Hall–Kier alpha value is -2.30. The molecule has 0 radical (unpaired) electrons. The fourth-order valence-corrected chi connectivity index (χ4v) is 0.496. The van der Waals surface area contributed by atoms with Gasteiger partial charge in [-0.1, -0.05) is 0 Å². The first-order valence-electron chi connectivity index (χ1n) is 3.22. The van der Waals surface area contributed by atoms with Crippen LogP contribution in [0.4, 0.5) is 0 Å². The van der Waals surface area contributed by atoms with Crippen LogP contribution in [0.1, 0.15) is 6.42 Å². The molecule has 1 unspecified atom stereocenters. The average molecular weight is 224 g/mol. The van der Waals surface area contributed by atoms with Crippen LogP contribution in [0.5, 0.6) is 0 Å². The van der Waals surface area contributed by atoms with E-state index in [1.54, 1.807) is 0 Å². The summed E-state index contributed by atoms with van der Waals surface area (Å²) in [6.07, 6.45) is -3.31. The van der Waals surface area contributed by atoms with Gasteiger partial charge in [-0.05, 0) is 0 Å². The Morgan fingerprint density at radius 1 is 1.20 bits per heavy atom. The molecule has 0 aromatic heterocycles. The fraction of sp³-hybridized carbons (Fsp3) is 0.500. The molecule has 1 atom stereocenters. The Labute approximate surface area is 80.4 Å². The smallest absolute Gasteiger partial charge is 0.332 e. The zero-order chi connectivity index (χ0) is 12.0. The van der Waals surface area contributed by atoms with E-state index in [2.05, 4.69) is 9.68 Å². The zero-order valence-corrected chi connectivity index (χ0v) is 6.89. The van der Waals surface area contributed by atoms with Gasteiger partial charge in [-0.15, -0.1) is 20.2 Å². The van der Waals surface area contributed by atoms with Crippen molar-refractivity contribution in [3.63, 3.8) is 0 Å². The molecule has 0 aliphatic rings. The normalized spacial score (nSPS) is 11.3. The van der Waals surface area contributed by atoms with Gasteiger partial charge in [0.15, 0.2) is 0 Å². The molecule has 11 heteroatoms. The van der Waals surface area contributed by atoms with E-state index in [0.29, 0.717) is 0 Å². The van der Waals surface area contributed by atoms with Crippen molar-refractivity contribution < 1.29 is 34.5 Å². The molecule has 0 spiro atoms. The van der Waals surface area contributed by atoms with Gasteiger partial charge in [-0.3, -0.25) is 9.59 Å². The van der Waals surface area contributed by atoms with Gasteiger partial charge in [-0.2, -0.15) is 0 Å². The first kappa shape index (κ1) is 12.7. The number of carbonyl (C=O) groups excluding carboxylic acids is 2. The molecule has 0 saturated carbocycles. The van der Waals surface area contributed by atoms with Crippen LogP contribution in [0, 0.1) is 20.2 Å². The van der Waals surface area contributed by atoms with Gasteiger partial charge >= 0.3 is 22.1 Å². The highest BCUT2D eigenvalue weighted by molar-refractivity contribution is 5.80. The highest BCUT2D eigenvalue weighted by atomic mass is 17.0. The van der Waals surface area contributed by atoms with Crippen LogP contribution in [-0.4, -0.2) is 33.3 Å². The van der Waals surface area contributed by atoms with Crippen molar-refractivity contribution in [1.29, 1.82) is 0 Å². The monoisotopic (exact) mass is 224 g/mol. The predicted molar refractivity (Wildman–Crippen MR) is 36.8 cm³/mol. The van der Waals surface area contributed by atoms with Gasteiger partial charge in [0.2, 0.25) is 0 Å². The largest absolute Gasteiger partial charge is 0.383 e. The third-order valence-electron chi connectivity index (χ3n) is 0.973. The van der Waals surface area contributed by atoms with Crippen LogP contribution >= 0.6 is 0 Å². The van der Waals surface area contributed by atoms with E-state index in [4.69, 9.17) is 5.11 Å². The highest BCUT2D eigenvalue weighted by Gasteiger charge is 2.23. The molecule has 11 nitrogen and oxygen atoms in total. The topological polar surface area (TPSA) is 159 Å². The molecule has 0 aliphatic carbocycles. The minimum absolute atomic E-state index is 1.12. The van der Waals surface area contributed by atoms with Crippen LogP contribution in [0.25, 0.3) is 0 Å². The molecule has 0 aromatic carbocycles. The Bertz CT molecular complexity index is 298. The van der Waals surface area contributed by atoms with Crippen LogP contribution in [-0.2, 0) is 19.3 Å². The summed E-state index contributed by atoms with van der Waals surface area (Å²) in [5.41, 5.74) is 0. The second-order valence-electron chi connectivity index (χ2n) is 2.04. The molecule has 0 amide bonds. The third-order valence-corrected chi connectivity index (χ3v) is 0.973. The van der Waals surface area contributed by atoms with E-state index < -0.39 is 34.6 Å². The summed E-state index contributed by atoms with van der Waals surface area (Å²) in [6, 6.07) is 0. The summed E-state index contributed by atoms with van der Waals surface area (Å²) in [5.74, 6) is -3.26. The maximum absolute atomic E-state index is 10.5. The lowest BCUT2D eigenvalue weighted by Crippen LogP contribution is -2.29. The number of nitrogens with zero attached hydrogens (tertiary/aromatic N) is 2. The standard InChI is InChI=1S/C4H4N2O9/c7-2(4(9)15-6(12)13)1-3(8)14-5(10)11/h2,7H,1H2. The first-order valence-corrected chi connectivity index (χ1v) is 3.22. The molecule has 0 aliphatic heterocycles. The summed E-state index contributed by atoms with van der Waals surface area (Å²) in [6.45, 7) is 0. The van der Waals surface area contributed by atoms with Crippen molar-refractivity contribution in [2.45, 2.75) is 12.5 Å². The maximum Gasteiger partial charge on any atom is 0.332 e. The Morgan fingerprint density at radius 3 is 2.07 bits per heavy atom. The van der Waals surface area contributed by atoms with Gasteiger partial charge in [0.1, 0.15) is 6.10 Å². The quantitative estimate of drug-likeness (QED) is 0.419. The molecular formula is C4H4N2O9. The third kappa shape index (κ3) is 5.87. The Morgan fingerprint density at radius 2 is 1.67 bits per heavy atom. The van der Waals surface area contributed by atoms with E-state index in [0.717, 1.165) is 0 Å². The van der Waals surface area contributed by atoms with Crippen molar-refractivity contribution >= 4 is 11.9 Å². The van der Waals surface area contributed by atoms with Crippen LogP contribution < -0.4 is 0 Å². The summed E-state index contributed by atoms with van der Waals surface area (Å²) in [7, 11) is 0. The summed E-state index contributed by atoms with van der Waals surface area (Å²) < 4.78 is 0. The molecule has 0 rings (SSSR count). The summed E-state index contributed by atoms with van der Waals surface area (Å²) in [4.78, 5) is 46.7. The van der Waals surface area contributed by atoms with Crippen molar-refractivity contribution in [3.05, 3.63) is 20.2 Å². The summed E-state index contributed by atoms with van der Waals surface area (Å²) >= 11 is 0. The SMILES string of the molecule is O=C(CC(O)C(=O)O[N+](=O)[O-])O[N+](=O)[O-]. The van der Waals surface area contributed by atoms with Gasteiger partial charge in [0.25, 0.3) is 0 Å². The fourth-order valence-electron chi connectivity index (χ4n) is 0.496. The molecular weight excluding hydrogens is 220 g/mol. The number of hydrogen-bond donors (Lipinski definition) is 1. The Balaban J connectivity index is 4.07. The molecule has 0 aromatic rings. The molecule has 0 fully saturated rings. The van der Waals surface area contributed by atoms with Crippen LogP contribution in [0.2, 0.25) is 0 Å². The molecule has 0 bridgehead atoms. The predicted octanol–water partition coefficient (Wildman–Crippen LogP) is -1.79. The minimum Gasteiger partial charge on any atom is -0.383 e. The van der Waals surface area contributed by atoms with E-state index in [1.165, 1.54) is 0 Å². The average Bonchev–Trinajstić information content (AvgIpc) is 2.00. The lowest BCUT2D eigenvalue weighted by atomic mass is 10.3. The van der Waals surface area contributed by atoms with Crippen molar-refractivity contribution in [2.75, 3.05) is 0 Å². The number of aliphatic hydroxyl groups is 1. The molecule has 0 saturated heterocycles. The number of carbonyl (C=O) groups is 2. The molecule has 0 heterocycles. The van der Waals surface area contributed by atoms with Gasteiger partial charge in [0.05, 0.1) is 6.42 Å². The molecule has 15 heavy (non-hydrogen) atoms. The van der Waals surface area contributed by atoms with Gasteiger partial charge < -0.3 is 5.11 Å². The van der Waals surface area contributed by atoms with Crippen LogP contribution in [0.3, 0.4) is 0 Å². The second-order valence-corrected chi connectivity index (χ2v) is 2.04. The number of rotatable bonds is 5. The lowest BCUT2D eigenvalue weighted by molar-refractivity contribution is -0.731. The van der Waals surface area contributed by atoms with Crippen molar-refractivity contribution in [1.82, 2.24) is 0 Å². The Kier molecular flexibility index (Phi) is 4.60. The second kappa shape index (κ2) is 5.43. The highest BCUT2D eigenvalue weighted by Crippen LogP contribution is 1.98. The van der Waals surface area contributed by atoms with E-state index in [-0.39, 0.29) is 0 Å². The molecule has 84 valence electrons. The van der Waals surface area contributed by atoms with Gasteiger partial charge in [-0.25, -0.2) is 9.68 Å². The maximum atomic E-state index is 10.5. The first-order chi connectivity index (χ1) is 6.82. The number of aliphatic hydroxyl groups excluding tert-OH is 1. The summed E-state index contributed by atoms with van der Waals surface area (Å²) in [5, 5.41) is 25.0. The van der Waals surface area contributed by atoms with E-state index >= 15 is 0 Å². The number of hydrogen-bond acceptors (Lipinski definition) is 9. The van der Waals surface area contributed by atoms with Crippen molar-refractivity contribution in [3.8, 4) is 0 Å². The van der Waals surface area contributed by atoms with Crippen molar-refractivity contribution in [2.24, 2.45) is 0 Å². The molecule has 1 N–H and O–H groups in total. The van der Waals surface area contributed by atoms with E-state index in [1.807, 2.05) is 0 Å². The van der Waals surface area contributed by atoms with Gasteiger partial charge in [0, 0.05) is 0 Å². The van der Waals surface area contributed by atoms with Crippen LogP contribution in [0.15, 0.2) is 0 Å².